The van der Waals surface area contributed by atoms with E-state index in [1.165, 1.54) is 6.08 Å². The molecule has 0 radical (unpaired) electrons. The molecule has 1 aromatic rings. The van der Waals surface area contributed by atoms with Crippen LogP contribution in [0.5, 0.6) is 0 Å². The normalized spacial score (nSPS) is 10.6. The van der Waals surface area contributed by atoms with Crippen molar-refractivity contribution >= 4 is 5.78 Å². The molecule has 0 atom stereocenters. The van der Waals surface area contributed by atoms with Crippen molar-refractivity contribution in [2.75, 3.05) is 0 Å². The zero-order valence-electron chi connectivity index (χ0n) is 7.32. The first-order valence-corrected chi connectivity index (χ1v) is 3.92. The number of nitrogens with zero attached hydrogens (tertiary/aromatic N) is 1. The number of ketones is 1. The summed E-state index contributed by atoms with van der Waals surface area (Å²) in [4.78, 5) is 11.4. The summed E-state index contributed by atoms with van der Waals surface area (Å²) in [5, 5.41) is 8.46. The Bertz CT molecular complexity index is 371. The number of carbonyl (C=O) groups is 1. The third-order valence-electron chi connectivity index (χ3n) is 1.58. The van der Waals surface area contributed by atoms with Gasteiger partial charge in [-0.3, -0.25) is 4.79 Å². The number of hydrogen-bond donors (Lipinski definition) is 0. The quantitative estimate of drug-likeness (QED) is 0.389. The average Bonchev–Trinajstić information content (AvgIpc) is 2.19. The SMILES string of the molecule is C/C(C#N)=C/C(=O)c1ccccc1. The van der Waals surface area contributed by atoms with Crippen LogP contribution in [0.4, 0.5) is 0 Å². The molecule has 0 saturated carbocycles. The van der Waals surface area contributed by atoms with E-state index in [9.17, 15) is 4.79 Å². The van der Waals surface area contributed by atoms with E-state index in [1.54, 1.807) is 31.2 Å². The van der Waals surface area contributed by atoms with Gasteiger partial charge in [-0.25, -0.2) is 0 Å². The van der Waals surface area contributed by atoms with Crippen LogP contribution in [0.15, 0.2) is 42.0 Å². The Morgan fingerprint density at radius 3 is 2.54 bits per heavy atom. The van der Waals surface area contributed by atoms with Crippen LogP contribution in [-0.2, 0) is 0 Å². The standard InChI is InChI=1S/C11H9NO/c1-9(8-12)7-11(13)10-5-3-2-4-6-10/h2-7H,1H3/b9-7-. The molecular weight excluding hydrogens is 162 g/mol. The number of rotatable bonds is 2. The van der Waals surface area contributed by atoms with E-state index in [1.807, 2.05) is 12.1 Å². The van der Waals surface area contributed by atoms with E-state index in [2.05, 4.69) is 0 Å². The maximum absolute atomic E-state index is 11.4. The minimum Gasteiger partial charge on any atom is -0.289 e. The van der Waals surface area contributed by atoms with Crippen molar-refractivity contribution in [2.24, 2.45) is 0 Å². The van der Waals surface area contributed by atoms with Gasteiger partial charge in [0.1, 0.15) is 0 Å². The van der Waals surface area contributed by atoms with Gasteiger partial charge in [0, 0.05) is 11.1 Å². The monoisotopic (exact) mass is 171 g/mol. The highest BCUT2D eigenvalue weighted by atomic mass is 16.1. The average molecular weight is 171 g/mol. The first-order valence-electron chi connectivity index (χ1n) is 3.92. The fourth-order valence-electron chi connectivity index (χ4n) is 0.915. The molecule has 0 amide bonds. The maximum atomic E-state index is 11.4. The van der Waals surface area contributed by atoms with Crippen LogP contribution in [0.2, 0.25) is 0 Å². The number of benzene rings is 1. The molecule has 0 unspecified atom stereocenters. The lowest BCUT2D eigenvalue weighted by Gasteiger charge is -1.93. The van der Waals surface area contributed by atoms with Crippen molar-refractivity contribution in [1.82, 2.24) is 0 Å². The second kappa shape index (κ2) is 4.22. The molecule has 0 fully saturated rings. The van der Waals surface area contributed by atoms with Crippen LogP contribution in [0.1, 0.15) is 17.3 Å². The topological polar surface area (TPSA) is 40.9 Å². The predicted octanol–water partition coefficient (Wildman–Crippen LogP) is 2.34. The molecule has 0 aliphatic rings. The zero-order chi connectivity index (χ0) is 9.68. The Kier molecular flexibility index (Phi) is 2.99. The van der Waals surface area contributed by atoms with Crippen LogP contribution in [0, 0.1) is 11.3 Å². The van der Waals surface area contributed by atoms with Gasteiger partial charge >= 0.3 is 0 Å². The van der Waals surface area contributed by atoms with Gasteiger partial charge in [0.25, 0.3) is 0 Å². The molecular formula is C11H9NO. The Morgan fingerprint density at radius 1 is 1.38 bits per heavy atom. The highest BCUT2D eigenvalue weighted by Gasteiger charge is 2.00. The van der Waals surface area contributed by atoms with Gasteiger partial charge in [-0.15, -0.1) is 0 Å². The van der Waals surface area contributed by atoms with Gasteiger partial charge in [-0.2, -0.15) is 5.26 Å². The molecule has 0 heterocycles. The lowest BCUT2D eigenvalue weighted by atomic mass is 10.1. The van der Waals surface area contributed by atoms with E-state index < -0.39 is 0 Å². The van der Waals surface area contributed by atoms with Crippen molar-refractivity contribution in [3.63, 3.8) is 0 Å². The lowest BCUT2D eigenvalue weighted by Crippen LogP contribution is -1.94. The minimum atomic E-state index is -0.125. The molecule has 2 heteroatoms. The molecule has 2 nitrogen and oxygen atoms in total. The molecule has 0 aromatic heterocycles. The number of allylic oxidation sites excluding steroid dienone is 2. The van der Waals surface area contributed by atoms with E-state index in [0.717, 1.165) is 0 Å². The molecule has 0 N–H and O–H groups in total. The Hall–Kier alpha value is -1.88. The summed E-state index contributed by atoms with van der Waals surface area (Å²) < 4.78 is 0. The molecule has 0 spiro atoms. The van der Waals surface area contributed by atoms with Crippen molar-refractivity contribution in [3.05, 3.63) is 47.5 Å². The van der Waals surface area contributed by atoms with Crippen LogP contribution < -0.4 is 0 Å². The lowest BCUT2D eigenvalue weighted by molar-refractivity contribution is 0.104. The van der Waals surface area contributed by atoms with Gasteiger partial charge in [0.15, 0.2) is 5.78 Å². The van der Waals surface area contributed by atoms with Gasteiger partial charge in [0.05, 0.1) is 6.07 Å². The fraction of sp³-hybridized carbons (Fsp3) is 0.0909. The second-order valence-corrected chi connectivity index (χ2v) is 2.67. The fourth-order valence-corrected chi connectivity index (χ4v) is 0.915. The van der Waals surface area contributed by atoms with Crippen molar-refractivity contribution < 1.29 is 4.79 Å². The summed E-state index contributed by atoms with van der Waals surface area (Å²) >= 11 is 0. The molecule has 0 bridgehead atoms. The summed E-state index contributed by atoms with van der Waals surface area (Å²) in [6, 6.07) is 10.8. The molecule has 1 aromatic carbocycles. The van der Waals surface area contributed by atoms with E-state index in [-0.39, 0.29) is 5.78 Å². The Morgan fingerprint density at radius 2 is 2.00 bits per heavy atom. The van der Waals surface area contributed by atoms with Gasteiger partial charge in [-0.1, -0.05) is 30.3 Å². The van der Waals surface area contributed by atoms with Crippen LogP contribution in [0.25, 0.3) is 0 Å². The summed E-state index contributed by atoms with van der Waals surface area (Å²) in [7, 11) is 0. The van der Waals surface area contributed by atoms with E-state index in [0.29, 0.717) is 11.1 Å². The Labute approximate surface area is 77.1 Å². The van der Waals surface area contributed by atoms with Crippen LogP contribution in [0.3, 0.4) is 0 Å². The predicted molar refractivity (Wildman–Crippen MR) is 50.1 cm³/mol. The van der Waals surface area contributed by atoms with Crippen molar-refractivity contribution in [3.8, 4) is 6.07 Å². The van der Waals surface area contributed by atoms with E-state index >= 15 is 0 Å². The first-order chi connectivity index (χ1) is 6.24. The highest BCUT2D eigenvalue weighted by Crippen LogP contribution is 2.02. The van der Waals surface area contributed by atoms with E-state index in [4.69, 9.17) is 5.26 Å². The zero-order valence-corrected chi connectivity index (χ0v) is 7.32. The molecule has 0 aliphatic carbocycles. The minimum absolute atomic E-state index is 0.125. The Balaban J connectivity index is 2.89. The molecule has 0 aliphatic heterocycles. The van der Waals surface area contributed by atoms with Gasteiger partial charge in [0.2, 0.25) is 0 Å². The number of hydrogen-bond acceptors (Lipinski definition) is 2. The number of nitriles is 1. The third kappa shape index (κ3) is 2.57. The first kappa shape index (κ1) is 9.21. The summed E-state index contributed by atoms with van der Waals surface area (Å²) in [6.07, 6.45) is 1.34. The van der Waals surface area contributed by atoms with Crippen LogP contribution >= 0.6 is 0 Å². The molecule has 0 saturated heterocycles. The van der Waals surface area contributed by atoms with Crippen molar-refractivity contribution in [1.29, 1.82) is 5.26 Å². The summed E-state index contributed by atoms with van der Waals surface area (Å²) in [5.41, 5.74) is 1.03. The molecule has 64 valence electrons. The third-order valence-corrected chi connectivity index (χ3v) is 1.58. The second-order valence-electron chi connectivity index (χ2n) is 2.67. The van der Waals surface area contributed by atoms with Crippen molar-refractivity contribution in [2.45, 2.75) is 6.92 Å². The van der Waals surface area contributed by atoms with Gasteiger partial charge in [-0.05, 0) is 13.0 Å². The van der Waals surface area contributed by atoms with Gasteiger partial charge < -0.3 is 0 Å². The summed E-state index contributed by atoms with van der Waals surface area (Å²) in [5.74, 6) is -0.125. The smallest absolute Gasteiger partial charge is 0.186 e. The van der Waals surface area contributed by atoms with Crippen LogP contribution in [-0.4, -0.2) is 5.78 Å². The molecule has 13 heavy (non-hydrogen) atoms. The molecule has 1 rings (SSSR count). The highest BCUT2D eigenvalue weighted by molar-refractivity contribution is 6.05. The number of carbonyl (C=O) groups excluding carboxylic acids is 1. The largest absolute Gasteiger partial charge is 0.289 e. The summed E-state index contributed by atoms with van der Waals surface area (Å²) in [6.45, 7) is 1.61. The maximum Gasteiger partial charge on any atom is 0.186 e.